The molecule has 0 aliphatic rings. The normalized spacial score (nSPS) is 12.8. The third-order valence-electron chi connectivity index (χ3n) is 0.712. The van der Waals surface area contributed by atoms with Crippen LogP contribution in [-0.2, 0) is 9.53 Å². The number of carbonyl (C=O) groups is 1. The van der Waals surface area contributed by atoms with Crippen molar-refractivity contribution in [3.05, 3.63) is 0 Å². The summed E-state index contributed by atoms with van der Waals surface area (Å²) in [5, 5.41) is 0. The quantitative estimate of drug-likeness (QED) is 0.373. The minimum absolute atomic E-state index is 0.232. The fraction of sp³-hybridized carbons (Fsp3) is 0.800. The lowest BCUT2D eigenvalue weighted by atomic mass is 10.5. The van der Waals surface area contributed by atoms with E-state index >= 15 is 0 Å². The second-order valence-corrected chi connectivity index (χ2v) is 2.42. The minimum atomic E-state index is -0.360. The molecule has 0 radical (unpaired) electrons. The number of ether oxygens (including phenoxy) is 1. The van der Waals surface area contributed by atoms with Crippen LogP contribution in [0.2, 0.25) is 0 Å². The van der Waals surface area contributed by atoms with E-state index in [4.69, 9.17) is 4.74 Å². The van der Waals surface area contributed by atoms with Gasteiger partial charge < -0.3 is 4.74 Å². The zero-order chi connectivity index (χ0) is 7.28. The second kappa shape index (κ2) is 4.99. The van der Waals surface area contributed by atoms with Crippen molar-refractivity contribution in [3.63, 3.8) is 0 Å². The lowest BCUT2D eigenvalue weighted by Gasteiger charge is -2.06. The summed E-state index contributed by atoms with van der Waals surface area (Å²) in [7, 11) is 0. The van der Waals surface area contributed by atoms with Crippen LogP contribution in [0.3, 0.4) is 0 Å². The molecular weight excluding hydrogens is 156 g/mol. The van der Waals surface area contributed by atoms with E-state index in [1.54, 1.807) is 6.92 Å². The Morgan fingerprint density at radius 2 is 2.33 bits per heavy atom. The van der Waals surface area contributed by atoms with E-state index in [1.807, 2.05) is 0 Å². The topological polar surface area (TPSA) is 26.3 Å². The van der Waals surface area contributed by atoms with Gasteiger partial charge in [-0.1, -0.05) is 6.92 Å². The Hall–Kier alpha value is 0.170. The van der Waals surface area contributed by atoms with Crippen molar-refractivity contribution < 1.29 is 9.53 Å². The van der Waals surface area contributed by atoms with Crippen LogP contribution in [0.1, 0.15) is 13.3 Å². The first-order valence-corrected chi connectivity index (χ1v) is 3.84. The molecule has 0 bridgehead atoms. The van der Waals surface area contributed by atoms with Crippen molar-refractivity contribution in [1.29, 1.82) is 0 Å². The molecule has 2 nitrogen and oxygen atoms in total. The summed E-state index contributed by atoms with van der Waals surface area (Å²) in [4.78, 5) is 10.5. The molecule has 9 heavy (non-hydrogen) atoms. The van der Waals surface area contributed by atoms with Gasteiger partial charge in [0.05, 0.1) is 0 Å². The Morgan fingerprint density at radius 3 is 2.67 bits per heavy atom. The number of carbonyl (C=O) groups excluding carboxylic acids is 1. The van der Waals surface area contributed by atoms with Crippen LogP contribution in [-0.4, -0.2) is 17.2 Å². The Labute approximate surface area is 65.8 Å². The van der Waals surface area contributed by atoms with Crippen molar-refractivity contribution in [1.82, 2.24) is 0 Å². The predicted molar refractivity (Wildman–Crippen MR) is 43.0 cm³/mol. The molecule has 0 fully saturated rings. The van der Waals surface area contributed by atoms with Gasteiger partial charge in [0.1, 0.15) is 0 Å². The molecule has 54 valence electrons. The molecule has 0 heterocycles. The molecule has 0 spiro atoms. The second-order valence-electron chi connectivity index (χ2n) is 1.48. The summed E-state index contributed by atoms with van der Waals surface area (Å²) in [6, 6.07) is 0. The number of thiol groups is 2. The van der Waals surface area contributed by atoms with E-state index in [0.29, 0.717) is 12.2 Å². The van der Waals surface area contributed by atoms with Gasteiger partial charge in [0.15, 0.2) is 5.44 Å². The van der Waals surface area contributed by atoms with E-state index in [2.05, 4.69) is 25.3 Å². The number of hydrogen-bond donors (Lipinski definition) is 2. The zero-order valence-corrected chi connectivity index (χ0v) is 6.99. The molecule has 4 heteroatoms. The highest BCUT2D eigenvalue weighted by Crippen LogP contribution is 2.00. The van der Waals surface area contributed by atoms with Gasteiger partial charge in [-0.3, -0.25) is 4.79 Å². The fourth-order valence-corrected chi connectivity index (χ4v) is 0.464. The van der Waals surface area contributed by atoms with Gasteiger partial charge in [0, 0.05) is 12.2 Å². The van der Waals surface area contributed by atoms with Gasteiger partial charge in [-0.2, -0.15) is 12.6 Å². The Balaban J connectivity index is 3.34. The van der Waals surface area contributed by atoms with Crippen LogP contribution >= 0.6 is 25.3 Å². The zero-order valence-electron chi connectivity index (χ0n) is 5.20. The average molecular weight is 166 g/mol. The molecular formula is C5H10O2S2. The maximum atomic E-state index is 10.5. The molecule has 0 saturated heterocycles. The SMILES string of the molecule is CCC(=O)OC(S)CS. The highest BCUT2D eigenvalue weighted by molar-refractivity contribution is 7.84. The molecule has 0 aromatic heterocycles. The predicted octanol–water partition coefficient (Wildman–Crippen LogP) is 1.13. The van der Waals surface area contributed by atoms with Crippen LogP contribution in [0.15, 0.2) is 0 Å². The third kappa shape index (κ3) is 4.66. The molecule has 0 aliphatic heterocycles. The highest BCUT2D eigenvalue weighted by atomic mass is 32.1. The van der Waals surface area contributed by atoms with Crippen molar-refractivity contribution in [2.75, 3.05) is 5.75 Å². The Morgan fingerprint density at radius 1 is 1.78 bits per heavy atom. The number of hydrogen-bond acceptors (Lipinski definition) is 4. The summed E-state index contributed by atoms with van der Waals surface area (Å²) >= 11 is 7.78. The summed E-state index contributed by atoms with van der Waals surface area (Å²) < 4.78 is 4.70. The molecule has 0 saturated carbocycles. The largest absolute Gasteiger partial charge is 0.451 e. The van der Waals surface area contributed by atoms with Crippen LogP contribution in [0.25, 0.3) is 0 Å². The smallest absolute Gasteiger partial charge is 0.306 e. The van der Waals surface area contributed by atoms with Gasteiger partial charge in [-0.05, 0) is 0 Å². The Kier molecular flexibility index (Phi) is 5.09. The highest BCUT2D eigenvalue weighted by Gasteiger charge is 2.04. The van der Waals surface area contributed by atoms with Crippen LogP contribution in [0.5, 0.6) is 0 Å². The molecule has 1 atom stereocenters. The van der Waals surface area contributed by atoms with Crippen molar-refractivity contribution in [2.24, 2.45) is 0 Å². The lowest BCUT2D eigenvalue weighted by molar-refractivity contribution is -0.143. The van der Waals surface area contributed by atoms with E-state index < -0.39 is 0 Å². The number of rotatable bonds is 3. The minimum Gasteiger partial charge on any atom is -0.451 e. The van der Waals surface area contributed by atoms with Crippen LogP contribution in [0, 0.1) is 0 Å². The van der Waals surface area contributed by atoms with Gasteiger partial charge in [-0.25, -0.2) is 0 Å². The van der Waals surface area contributed by atoms with Crippen LogP contribution < -0.4 is 0 Å². The monoisotopic (exact) mass is 166 g/mol. The maximum absolute atomic E-state index is 10.5. The molecule has 0 rings (SSSR count). The number of esters is 1. The molecule has 0 aromatic carbocycles. The van der Waals surface area contributed by atoms with Gasteiger partial charge in [-0.15, -0.1) is 12.6 Å². The summed E-state index contributed by atoms with van der Waals surface area (Å²) in [6.45, 7) is 1.74. The fourth-order valence-electron chi connectivity index (χ4n) is 0.272. The van der Waals surface area contributed by atoms with Crippen molar-refractivity contribution in [2.45, 2.75) is 18.8 Å². The standard InChI is InChI=1S/C5H10O2S2/c1-2-4(6)7-5(9)3-8/h5,8-9H,2-3H2,1H3. The molecule has 0 amide bonds. The van der Waals surface area contributed by atoms with Gasteiger partial charge in [0.25, 0.3) is 0 Å². The van der Waals surface area contributed by atoms with Crippen molar-refractivity contribution >= 4 is 31.2 Å². The van der Waals surface area contributed by atoms with Crippen molar-refractivity contribution in [3.8, 4) is 0 Å². The van der Waals surface area contributed by atoms with E-state index in [0.717, 1.165) is 0 Å². The first kappa shape index (κ1) is 9.17. The van der Waals surface area contributed by atoms with E-state index in [-0.39, 0.29) is 11.4 Å². The Bertz CT molecular complexity index is 95.0. The first-order valence-electron chi connectivity index (χ1n) is 2.69. The summed E-state index contributed by atoms with van der Waals surface area (Å²) in [6.07, 6.45) is 0.394. The van der Waals surface area contributed by atoms with E-state index in [1.165, 1.54) is 0 Å². The van der Waals surface area contributed by atoms with Crippen LogP contribution in [0.4, 0.5) is 0 Å². The maximum Gasteiger partial charge on any atom is 0.306 e. The molecule has 1 unspecified atom stereocenters. The molecule has 0 N–H and O–H groups in total. The average Bonchev–Trinajstić information content (AvgIpc) is 1.87. The summed E-state index contributed by atoms with van der Waals surface area (Å²) in [5.74, 6) is 0.221. The molecule has 0 aromatic rings. The third-order valence-corrected chi connectivity index (χ3v) is 1.62. The lowest BCUT2D eigenvalue weighted by Crippen LogP contribution is -2.12. The van der Waals surface area contributed by atoms with Gasteiger partial charge in [0.2, 0.25) is 0 Å². The summed E-state index contributed by atoms with van der Waals surface area (Å²) in [5.41, 5.74) is -0.360. The van der Waals surface area contributed by atoms with Gasteiger partial charge >= 0.3 is 5.97 Å². The molecule has 0 aliphatic carbocycles. The first-order chi connectivity index (χ1) is 4.20. The van der Waals surface area contributed by atoms with E-state index in [9.17, 15) is 4.79 Å².